The van der Waals surface area contributed by atoms with Crippen LogP contribution in [0.25, 0.3) is 0 Å². The molecule has 9 nitrogen and oxygen atoms in total. The standard InChI is InChI=1S/C19H24N6O3S/c1-10(2)21-17-16-13(8-15(23-17)29-28)9-20-19(24-16)25-18(27)12-5-4-6-14(7-12)22-11(3)26/h8-10,12,14,28H,4-7H2,1-3H3,(H,22,26)/t12?,14-/m1/s1. The molecule has 0 aromatic rings. The van der Waals surface area contributed by atoms with Crippen molar-refractivity contribution in [1.29, 1.82) is 0 Å². The molecule has 3 rings (SSSR count). The third-order valence-corrected chi connectivity index (χ3v) is 5.02. The van der Waals surface area contributed by atoms with E-state index in [1.165, 1.54) is 6.92 Å². The molecule has 1 aliphatic carbocycles. The lowest BCUT2D eigenvalue weighted by atomic mass is 9.85. The van der Waals surface area contributed by atoms with Crippen molar-refractivity contribution in [2.45, 2.75) is 58.5 Å². The third kappa shape index (κ3) is 5.54. The van der Waals surface area contributed by atoms with Crippen molar-refractivity contribution in [2.24, 2.45) is 30.9 Å². The zero-order valence-electron chi connectivity index (χ0n) is 16.6. The van der Waals surface area contributed by atoms with Crippen LogP contribution in [0.5, 0.6) is 0 Å². The van der Waals surface area contributed by atoms with Gasteiger partial charge in [-0.05, 0) is 39.2 Å². The first-order valence-electron chi connectivity index (χ1n) is 9.58. The van der Waals surface area contributed by atoms with E-state index in [0.29, 0.717) is 40.6 Å². The van der Waals surface area contributed by atoms with Crippen LogP contribution in [-0.4, -0.2) is 57.2 Å². The molecule has 2 atom stereocenters. The molecule has 29 heavy (non-hydrogen) atoms. The number of amidine groups is 1. The number of hydrogen-bond acceptors (Lipinski definition) is 5. The molecule has 1 saturated carbocycles. The van der Waals surface area contributed by atoms with Gasteiger partial charge >= 0.3 is 0 Å². The first-order valence-corrected chi connectivity index (χ1v) is 10.4. The number of guanidine groups is 1. The van der Waals surface area contributed by atoms with Gasteiger partial charge < -0.3 is 9.87 Å². The van der Waals surface area contributed by atoms with Gasteiger partial charge in [-0.1, -0.05) is 6.42 Å². The Morgan fingerprint density at radius 2 is 2.10 bits per heavy atom. The molecule has 1 unspecified atom stereocenters. The molecule has 0 spiro atoms. The molecular weight excluding hydrogens is 392 g/mol. The van der Waals surface area contributed by atoms with E-state index in [1.807, 2.05) is 13.8 Å². The van der Waals surface area contributed by atoms with E-state index in [-0.39, 0.29) is 35.8 Å². The number of nitrogens with zero attached hydrogens (tertiary/aromatic N) is 5. The van der Waals surface area contributed by atoms with E-state index in [4.69, 9.17) is 0 Å². The summed E-state index contributed by atoms with van der Waals surface area (Å²) in [7, 11) is 0. The van der Waals surface area contributed by atoms with Crippen LogP contribution < -0.4 is 5.32 Å². The maximum atomic E-state index is 12.7. The van der Waals surface area contributed by atoms with Crippen LogP contribution in [0.1, 0.15) is 46.5 Å². The van der Waals surface area contributed by atoms with Crippen LogP contribution in [0.15, 0.2) is 36.6 Å². The Hall–Kier alpha value is -2.46. The second-order valence-electron chi connectivity index (χ2n) is 7.42. The monoisotopic (exact) mass is 416 g/mol. The molecule has 3 aliphatic rings. The van der Waals surface area contributed by atoms with Crippen LogP contribution in [0.4, 0.5) is 0 Å². The Labute approximate surface area is 173 Å². The summed E-state index contributed by atoms with van der Waals surface area (Å²) >= 11 is 0.529. The molecule has 0 aromatic heterocycles. The molecule has 2 amide bonds. The summed E-state index contributed by atoms with van der Waals surface area (Å²) in [5.74, 6) is -0.185. The molecule has 1 fully saturated rings. The van der Waals surface area contributed by atoms with Gasteiger partial charge in [-0.2, -0.15) is 4.99 Å². The summed E-state index contributed by atoms with van der Waals surface area (Å²) in [6.07, 6.45) is 6.24. The van der Waals surface area contributed by atoms with E-state index < -0.39 is 0 Å². The van der Waals surface area contributed by atoms with Crippen molar-refractivity contribution in [3.05, 3.63) is 11.6 Å². The van der Waals surface area contributed by atoms with Crippen LogP contribution >= 0.6 is 12.0 Å². The Kier molecular flexibility index (Phi) is 6.86. The highest BCUT2D eigenvalue weighted by molar-refractivity contribution is 8.09. The Balaban J connectivity index is 1.80. The third-order valence-electron chi connectivity index (χ3n) is 4.63. The number of amides is 2. The molecule has 0 radical (unpaired) electrons. The van der Waals surface area contributed by atoms with Crippen molar-refractivity contribution < 1.29 is 14.1 Å². The highest BCUT2D eigenvalue weighted by atomic mass is 32.2. The van der Waals surface area contributed by atoms with Crippen LogP contribution in [-0.2, 0) is 9.59 Å². The van der Waals surface area contributed by atoms with E-state index in [2.05, 4.69) is 30.3 Å². The summed E-state index contributed by atoms with van der Waals surface area (Å²) in [4.78, 5) is 45.4. The Morgan fingerprint density at radius 3 is 2.79 bits per heavy atom. The Morgan fingerprint density at radius 1 is 1.31 bits per heavy atom. The van der Waals surface area contributed by atoms with Crippen molar-refractivity contribution >= 4 is 52.6 Å². The molecule has 2 heterocycles. The van der Waals surface area contributed by atoms with E-state index >= 15 is 0 Å². The maximum Gasteiger partial charge on any atom is 0.253 e. The van der Waals surface area contributed by atoms with Gasteiger partial charge in [0, 0.05) is 48.8 Å². The maximum absolute atomic E-state index is 12.7. The van der Waals surface area contributed by atoms with Crippen LogP contribution in [0, 0.1) is 5.92 Å². The first-order chi connectivity index (χ1) is 13.9. The molecular formula is C19H24N6O3S. The van der Waals surface area contributed by atoms with Gasteiger partial charge in [0.15, 0.2) is 5.84 Å². The van der Waals surface area contributed by atoms with Gasteiger partial charge in [-0.25, -0.2) is 15.0 Å². The topological polar surface area (TPSA) is 128 Å². The summed E-state index contributed by atoms with van der Waals surface area (Å²) < 4.78 is 9.33. The summed E-state index contributed by atoms with van der Waals surface area (Å²) in [5, 5.41) is 3.28. The number of dihydropyridines is 1. The van der Waals surface area contributed by atoms with Gasteiger partial charge in [-0.3, -0.25) is 14.6 Å². The fourth-order valence-electron chi connectivity index (χ4n) is 3.45. The summed E-state index contributed by atoms with van der Waals surface area (Å²) in [6.45, 7) is 5.31. The quantitative estimate of drug-likeness (QED) is 0.685. The van der Waals surface area contributed by atoms with E-state index in [9.17, 15) is 14.1 Å². The van der Waals surface area contributed by atoms with Crippen molar-refractivity contribution in [3.63, 3.8) is 0 Å². The number of hydrogen-bond donors (Lipinski definition) is 2. The zero-order chi connectivity index (χ0) is 21.0. The lowest BCUT2D eigenvalue weighted by Gasteiger charge is -2.27. The molecule has 154 valence electrons. The highest BCUT2D eigenvalue weighted by Gasteiger charge is 2.29. The number of aliphatic imine (C=N–C) groups is 5. The molecule has 0 bridgehead atoms. The number of carbonyl (C=O) groups is 2. The normalized spacial score (nSPS) is 26.7. The summed E-state index contributed by atoms with van der Waals surface area (Å²) in [6, 6.07) is -0.0208. The first kappa shape index (κ1) is 21.3. The lowest BCUT2D eigenvalue weighted by Crippen LogP contribution is -2.38. The van der Waals surface area contributed by atoms with Crippen molar-refractivity contribution in [1.82, 2.24) is 5.32 Å². The smallest absolute Gasteiger partial charge is 0.253 e. The van der Waals surface area contributed by atoms with E-state index in [0.717, 1.165) is 19.3 Å². The van der Waals surface area contributed by atoms with Gasteiger partial charge in [0.1, 0.15) is 10.8 Å². The molecule has 2 aliphatic heterocycles. The van der Waals surface area contributed by atoms with Gasteiger partial charge in [0.25, 0.3) is 11.9 Å². The number of nitrogens with one attached hydrogen (secondary N) is 1. The SMILES string of the molecule is CC(=O)N[C@@H]1CCCC(C(=O)N=C2N=CC3=CC(SO)=NC(=NC(C)C)C3=N2)C1. The average Bonchev–Trinajstić information content (AvgIpc) is 2.67. The molecule has 0 saturated heterocycles. The number of carbonyl (C=O) groups excluding carboxylic acids is 2. The molecule has 0 aromatic carbocycles. The average molecular weight is 417 g/mol. The van der Waals surface area contributed by atoms with Crippen molar-refractivity contribution in [2.75, 3.05) is 0 Å². The fraction of sp³-hybridized carbons (Fsp3) is 0.526. The minimum Gasteiger partial charge on any atom is -0.354 e. The second kappa shape index (κ2) is 9.36. The minimum absolute atomic E-state index is 0.00188. The molecule has 10 heteroatoms. The highest BCUT2D eigenvalue weighted by Crippen LogP contribution is 2.26. The fourth-order valence-corrected chi connectivity index (χ4v) is 3.75. The largest absolute Gasteiger partial charge is 0.354 e. The predicted molar refractivity (Wildman–Crippen MR) is 116 cm³/mol. The lowest BCUT2D eigenvalue weighted by molar-refractivity contribution is -0.124. The summed E-state index contributed by atoms with van der Waals surface area (Å²) in [5.41, 5.74) is 1.14. The zero-order valence-corrected chi connectivity index (χ0v) is 17.4. The van der Waals surface area contributed by atoms with E-state index in [1.54, 1.807) is 12.3 Å². The van der Waals surface area contributed by atoms with Crippen LogP contribution in [0.3, 0.4) is 0 Å². The Bertz CT molecular complexity index is 884. The number of fused-ring (bicyclic) bond motifs is 1. The molecule has 2 N–H and O–H groups in total. The predicted octanol–water partition coefficient (Wildman–Crippen LogP) is 2.44. The van der Waals surface area contributed by atoms with Gasteiger partial charge in [-0.15, -0.1) is 0 Å². The van der Waals surface area contributed by atoms with Gasteiger partial charge in [0.2, 0.25) is 5.91 Å². The second-order valence-corrected chi connectivity index (χ2v) is 8.02. The van der Waals surface area contributed by atoms with Gasteiger partial charge in [0.05, 0.1) is 0 Å². The van der Waals surface area contributed by atoms with Crippen LogP contribution in [0.2, 0.25) is 0 Å². The number of rotatable bonds is 3. The minimum atomic E-state index is -0.280. The van der Waals surface area contributed by atoms with Crippen molar-refractivity contribution in [3.8, 4) is 0 Å².